The van der Waals surface area contributed by atoms with Crippen molar-refractivity contribution in [2.45, 2.75) is 64.5 Å². The van der Waals surface area contributed by atoms with Gasteiger partial charge in [-0.1, -0.05) is 0 Å². The van der Waals surface area contributed by atoms with Crippen LogP contribution >= 0.6 is 0 Å². The summed E-state index contributed by atoms with van der Waals surface area (Å²) < 4.78 is 1.62. The average Bonchev–Trinajstić information content (AvgIpc) is 2.93. The number of carbonyl (C=O) groups excluding carboxylic acids is 2. The van der Waals surface area contributed by atoms with Crippen LogP contribution in [0.1, 0.15) is 51.3 Å². The minimum absolute atomic E-state index is 0.0200. The molecule has 0 aliphatic rings. The molecule has 1 rings (SSSR count). The number of rotatable bonds is 12. The van der Waals surface area contributed by atoms with Gasteiger partial charge >= 0.3 is 11.9 Å². The molecule has 0 atom stereocenters. The largest absolute Gasteiger partial charge is 0.481 e. The minimum Gasteiger partial charge on any atom is -0.481 e. The van der Waals surface area contributed by atoms with Crippen LogP contribution in [0.3, 0.4) is 0 Å². The highest BCUT2D eigenvalue weighted by Gasteiger charge is 2.33. The van der Waals surface area contributed by atoms with Gasteiger partial charge in [-0.25, -0.2) is 4.98 Å². The molecule has 0 aliphatic carbocycles. The topological polar surface area (TPSA) is 139 Å². The lowest BCUT2D eigenvalue weighted by atomic mass is 9.83. The highest BCUT2D eigenvalue weighted by atomic mass is 16.4. The summed E-state index contributed by atoms with van der Waals surface area (Å²) in [6.07, 6.45) is 3.15. The van der Waals surface area contributed by atoms with Gasteiger partial charge in [-0.2, -0.15) is 0 Å². The molecule has 0 saturated carbocycles. The van der Waals surface area contributed by atoms with Crippen molar-refractivity contribution >= 4 is 23.6 Å². The standard InChI is InChI=1S/C17H25N3O6/c1-12(21)3-6-17(7-4-15(23)24,8-5-16(25)26)19-14(22)11-20-10-9-18-13(20)2/h9-10H,3-8,11H2,1-2H3,(H,19,22)(H,23,24)(H,25,26). The van der Waals surface area contributed by atoms with Crippen molar-refractivity contribution in [2.75, 3.05) is 0 Å². The van der Waals surface area contributed by atoms with Crippen LogP contribution in [-0.2, 0) is 25.7 Å². The first kappa shape index (κ1) is 21.3. The third kappa shape index (κ3) is 7.45. The van der Waals surface area contributed by atoms with Crippen molar-refractivity contribution in [3.05, 3.63) is 18.2 Å². The number of Topliss-reactive ketones (excluding diaryl/α,β-unsaturated/α-hetero) is 1. The number of ketones is 1. The molecule has 1 amide bonds. The summed E-state index contributed by atoms with van der Waals surface area (Å²) in [4.78, 5) is 49.9. The molecular weight excluding hydrogens is 342 g/mol. The molecule has 3 N–H and O–H groups in total. The Hall–Kier alpha value is -2.71. The zero-order valence-electron chi connectivity index (χ0n) is 15.0. The Kier molecular flexibility index (Phi) is 7.95. The van der Waals surface area contributed by atoms with E-state index in [9.17, 15) is 19.2 Å². The first-order chi connectivity index (χ1) is 12.1. The molecule has 0 aliphatic heterocycles. The number of imidazole rings is 1. The number of aliphatic carboxylic acids is 2. The molecule has 0 spiro atoms. The van der Waals surface area contributed by atoms with Gasteiger partial charge in [0.05, 0.1) is 0 Å². The molecule has 0 saturated heterocycles. The van der Waals surface area contributed by atoms with Crippen molar-refractivity contribution in [3.63, 3.8) is 0 Å². The average molecular weight is 367 g/mol. The maximum atomic E-state index is 12.5. The smallest absolute Gasteiger partial charge is 0.303 e. The molecule has 26 heavy (non-hydrogen) atoms. The summed E-state index contributed by atoms with van der Waals surface area (Å²) in [5.41, 5.74) is -1.06. The molecule has 0 bridgehead atoms. The molecular formula is C17H25N3O6. The van der Waals surface area contributed by atoms with Crippen molar-refractivity contribution in [1.82, 2.24) is 14.9 Å². The Morgan fingerprint density at radius 2 is 1.62 bits per heavy atom. The number of carboxylic acid groups (broad SMARTS) is 2. The molecule has 0 fully saturated rings. The normalized spacial score (nSPS) is 11.2. The Bertz CT molecular complexity index is 622. The van der Waals surface area contributed by atoms with Gasteiger partial charge in [0.25, 0.3) is 0 Å². The van der Waals surface area contributed by atoms with Crippen LogP contribution < -0.4 is 5.32 Å². The number of carboxylic acids is 2. The molecule has 0 unspecified atom stereocenters. The molecule has 1 aromatic rings. The van der Waals surface area contributed by atoms with Gasteiger partial charge in [-0.05, 0) is 33.1 Å². The number of nitrogens with one attached hydrogen (secondary N) is 1. The molecule has 9 heteroatoms. The Morgan fingerprint density at radius 3 is 2.04 bits per heavy atom. The summed E-state index contributed by atoms with van der Waals surface area (Å²) in [5.74, 6) is -1.95. The van der Waals surface area contributed by atoms with Gasteiger partial charge in [-0.3, -0.25) is 14.4 Å². The van der Waals surface area contributed by atoms with Gasteiger partial charge in [0.15, 0.2) is 0 Å². The first-order valence-electron chi connectivity index (χ1n) is 8.35. The van der Waals surface area contributed by atoms with E-state index in [4.69, 9.17) is 10.2 Å². The lowest BCUT2D eigenvalue weighted by Crippen LogP contribution is -2.50. The fraction of sp³-hybridized carbons (Fsp3) is 0.588. The molecule has 1 aromatic heterocycles. The maximum Gasteiger partial charge on any atom is 0.303 e. The van der Waals surface area contributed by atoms with Gasteiger partial charge in [0, 0.05) is 37.2 Å². The highest BCUT2D eigenvalue weighted by molar-refractivity contribution is 5.78. The molecule has 0 aromatic carbocycles. The van der Waals surface area contributed by atoms with E-state index >= 15 is 0 Å². The molecule has 144 valence electrons. The van der Waals surface area contributed by atoms with E-state index < -0.39 is 17.5 Å². The van der Waals surface area contributed by atoms with Crippen molar-refractivity contribution in [2.24, 2.45) is 0 Å². The van der Waals surface area contributed by atoms with E-state index in [1.54, 1.807) is 23.9 Å². The van der Waals surface area contributed by atoms with Crippen LogP contribution in [0.2, 0.25) is 0 Å². The Labute approximate surface area is 151 Å². The van der Waals surface area contributed by atoms with Crippen LogP contribution in [0.5, 0.6) is 0 Å². The predicted octanol–water partition coefficient (Wildman–Crippen LogP) is 1.15. The van der Waals surface area contributed by atoms with Gasteiger partial charge < -0.3 is 24.9 Å². The summed E-state index contributed by atoms with van der Waals surface area (Å²) in [7, 11) is 0. The number of aryl methyl sites for hydroxylation is 1. The molecule has 1 heterocycles. The van der Waals surface area contributed by atoms with E-state index in [-0.39, 0.29) is 56.8 Å². The number of hydrogen-bond donors (Lipinski definition) is 3. The van der Waals surface area contributed by atoms with Crippen LogP contribution in [0.15, 0.2) is 12.4 Å². The molecule has 9 nitrogen and oxygen atoms in total. The zero-order chi connectivity index (χ0) is 19.7. The number of hydrogen-bond acceptors (Lipinski definition) is 5. The number of carbonyl (C=O) groups is 4. The van der Waals surface area contributed by atoms with Crippen LogP contribution in [0.25, 0.3) is 0 Å². The number of amides is 1. The summed E-state index contributed by atoms with van der Waals surface area (Å²) in [6, 6.07) is 0. The number of nitrogens with zero attached hydrogens (tertiary/aromatic N) is 2. The molecule has 0 radical (unpaired) electrons. The minimum atomic E-state index is -1.06. The van der Waals surface area contributed by atoms with Crippen molar-refractivity contribution in [3.8, 4) is 0 Å². The Balaban J connectivity index is 2.96. The second kappa shape index (κ2) is 9.69. The summed E-state index contributed by atoms with van der Waals surface area (Å²) in [5, 5.41) is 20.8. The van der Waals surface area contributed by atoms with Crippen LogP contribution in [0, 0.1) is 6.92 Å². The maximum absolute atomic E-state index is 12.5. The fourth-order valence-electron chi connectivity index (χ4n) is 2.73. The second-order valence-electron chi connectivity index (χ2n) is 6.42. The highest BCUT2D eigenvalue weighted by Crippen LogP contribution is 2.26. The number of aromatic nitrogens is 2. The summed E-state index contributed by atoms with van der Waals surface area (Å²) >= 11 is 0. The monoisotopic (exact) mass is 367 g/mol. The van der Waals surface area contributed by atoms with Gasteiger partial charge in [0.2, 0.25) is 5.91 Å². The lowest BCUT2D eigenvalue weighted by Gasteiger charge is -2.34. The third-order valence-corrected chi connectivity index (χ3v) is 4.23. The SMILES string of the molecule is CC(=O)CCC(CCC(=O)O)(CCC(=O)O)NC(=O)Cn1ccnc1C. The quantitative estimate of drug-likeness (QED) is 0.503. The lowest BCUT2D eigenvalue weighted by molar-refractivity contribution is -0.138. The first-order valence-corrected chi connectivity index (χ1v) is 8.35. The predicted molar refractivity (Wildman–Crippen MR) is 91.5 cm³/mol. The van der Waals surface area contributed by atoms with E-state index in [0.29, 0.717) is 5.82 Å². The third-order valence-electron chi connectivity index (χ3n) is 4.23. The van der Waals surface area contributed by atoms with E-state index in [1.165, 1.54) is 6.92 Å². The van der Waals surface area contributed by atoms with E-state index in [2.05, 4.69) is 10.3 Å². The van der Waals surface area contributed by atoms with Gasteiger partial charge in [-0.15, -0.1) is 0 Å². The zero-order valence-corrected chi connectivity index (χ0v) is 15.0. The van der Waals surface area contributed by atoms with Crippen LogP contribution in [-0.4, -0.2) is 48.9 Å². The fourth-order valence-corrected chi connectivity index (χ4v) is 2.73. The summed E-state index contributed by atoms with van der Waals surface area (Å²) in [6.45, 7) is 3.12. The van der Waals surface area contributed by atoms with E-state index in [0.717, 1.165) is 0 Å². The van der Waals surface area contributed by atoms with Gasteiger partial charge in [0.1, 0.15) is 18.2 Å². The van der Waals surface area contributed by atoms with E-state index in [1.807, 2.05) is 0 Å². The van der Waals surface area contributed by atoms with Crippen LogP contribution in [0.4, 0.5) is 0 Å². The second-order valence-corrected chi connectivity index (χ2v) is 6.42. The van der Waals surface area contributed by atoms with Crippen molar-refractivity contribution in [1.29, 1.82) is 0 Å². The Morgan fingerprint density at radius 1 is 1.08 bits per heavy atom. The van der Waals surface area contributed by atoms with Crippen molar-refractivity contribution < 1.29 is 29.4 Å².